The molecule has 1 aromatic carbocycles. The number of hydrogen-bond acceptors (Lipinski definition) is 7. The van der Waals surface area contributed by atoms with Crippen LogP contribution in [-0.4, -0.2) is 35.5 Å². The third-order valence-electron chi connectivity index (χ3n) is 6.37. The Morgan fingerprint density at radius 3 is 2.81 bits per heavy atom. The molecule has 8 heteroatoms. The lowest BCUT2D eigenvalue weighted by molar-refractivity contribution is -0.119. The van der Waals surface area contributed by atoms with E-state index in [4.69, 9.17) is 9.47 Å². The van der Waals surface area contributed by atoms with Gasteiger partial charge in [0.2, 0.25) is 0 Å². The van der Waals surface area contributed by atoms with E-state index in [1.165, 1.54) is 17.4 Å². The van der Waals surface area contributed by atoms with Crippen molar-refractivity contribution >= 4 is 27.3 Å². The lowest BCUT2D eigenvalue weighted by Gasteiger charge is -2.10. The van der Waals surface area contributed by atoms with Crippen LogP contribution in [0.2, 0.25) is 0 Å². The molecule has 1 atom stereocenters. The van der Waals surface area contributed by atoms with E-state index in [1.54, 1.807) is 24.4 Å². The highest BCUT2D eigenvalue weighted by Gasteiger charge is 2.20. The standard InChI is InChI=1S/C29H30FN3O3S/c1-2-9-31-16-21-3-5-24(33-17-21)28-15-25-29(37-28)27(7-10-32-25)36-26-6-4-19(14-23(26)30)12-22(34)13-20-8-11-35-18-20/h3-7,10,14-15,17,20,31H,2,8-9,11-13,16,18H2,1H3/t20-/m0/s1. The minimum absolute atomic E-state index is 0.101. The van der Waals surface area contributed by atoms with Gasteiger partial charge in [-0.05, 0) is 60.7 Å². The number of halogens is 1. The number of fused-ring (bicyclic) bond motifs is 1. The summed E-state index contributed by atoms with van der Waals surface area (Å²) in [4.78, 5) is 22.4. The molecule has 0 amide bonds. The maximum absolute atomic E-state index is 14.9. The number of carbonyl (C=O) groups excluding carboxylic acids is 1. The van der Waals surface area contributed by atoms with Crippen molar-refractivity contribution in [3.05, 3.63) is 71.8 Å². The first-order chi connectivity index (χ1) is 18.1. The van der Waals surface area contributed by atoms with Crippen LogP contribution >= 0.6 is 11.3 Å². The quantitative estimate of drug-likeness (QED) is 0.234. The van der Waals surface area contributed by atoms with Crippen LogP contribution in [0.5, 0.6) is 11.5 Å². The highest BCUT2D eigenvalue weighted by molar-refractivity contribution is 7.22. The number of hydrogen-bond donors (Lipinski definition) is 1. The van der Waals surface area contributed by atoms with Crippen molar-refractivity contribution in [1.29, 1.82) is 0 Å². The predicted octanol–water partition coefficient (Wildman–Crippen LogP) is 6.33. The van der Waals surface area contributed by atoms with Crippen LogP contribution in [0.1, 0.15) is 37.3 Å². The Balaban J connectivity index is 1.28. The predicted molar refractivity (Wildman–Crippen MR) is 144 cm³/mol. The van der Waals surface area contributed by atoms with E-state index in [0.29, 0.717) is 30.9 Å². The van der Waals surface area contributed by atoms with Crippen molar-refractivity contribution in [2.75, 3.05) is 19.8 Å². The Bertz CT molecular complexity index is 1370. The average Bonchev–Trinajstić information content (AvgIpc) is 3.57. The molecule has 192 valence electrons. The first-order valence-corrected chi connectivity index (χ1v) is 13.5. The lowest BCUT2D eigenvalue weighted by Crippen LogP contribution is -2.13. The number of benzene rings is 1. The first-order valence-electron chi connectivity index (χ1n) is 12.7. The zero-order valence-corrected chi connectivity index (χ0v) is 21.7. The topological polar surface area (TPSA) is 73.3 Å². The molecule has 37 heavy (non-hydrogen) atoms. The molecule has 1 aliphatic heterocycles. The SMILES string of the molecule is CCCNCc1ccc(-c2cc3nccc(Oc4ccc(CC(=O)C[C@@H]5CCOC5)cc4F)c3s2)nc1. The smallest absolute Gasteiger partial charge is 0.166 e. The zero-order valence-electron chi connectivity index (χ0n) is 20.8. The van der Waals surface area contributed by atoms with Crippen LogP contribution in [-0.2, 0) is 22.5 Å². The summed E-state index contributed by atoms with van der Waals surface area (Å²) in [6.07, 6.45) is 6.23. The molecule has 1 N–H and O–H groups in total. The van der Waals surface area contributed by atoms with E-state index >= 15 is 0 Å². The van der Waals surface area contributed by atoms with Gasteiger partial charge >= 0.3 is 0 Å². The van der Waals surface area contributed by atoms with Crippen molar-refractivity contribution in [1.82, 2.24) is 15.3 Å². The molecule has 1 aliphatic rings. The van der Waals surface area contributed by atoms with Crippen LogP contribution in [0.15, 0.2) is 54.9 Å². The van der Waals surface area contributed by atoms with Gasteiger partial charge in [0.1, 0.15) is 11.5 Å². The second kappa shape index (κ2) is 11.9. The molecule has 0 radical (unpaired) electrons. The van der Waals surface area contributed by atoms with Crippen molar-refractivity contribution in [3.63, 3.8) is 0 Å². The van der Waals surface area contributed by atoms with Crippen LogP contribution in [0.25, 0.3) is 20.8 Å². The highest BCUT2D eigenvalue weighted by Crippen LogP contribution is 2.39. The number of ketones is 1. The van der Waals surface area contributed by atoms with Gasteiger partial charge in [0.25, 0.3) is 0 Å². The molecule has 0 unspecified atom stereocenters. The summed E-state index contributed by atoms with van der Waals surface area (Å²) in [5.74, 6) is 0.533. The summed E-state index contributed by atoms with van der Waals surface area (Å²) in [6, 6.07) is 12.5. The summed E-state index contributed by atoms with van der Waals surface area (Å²) in [6.45, 7) is 5.26. The molecule has 0 saturated carbocycles. The third-order valence-corrected chi connectivity index (χ3v) is 7.53. The summed E-state index contributed by atoms with van der Waals surface area (Å²) in [5, 5.41) is 3.38. The largest absolute Gasteiger partial charge is 0.453 e. The van der Waals surface area contributed by atoms with E-state index < -0.39 is 5.82 Å². The number of Topliss-reactive ketones (excluding diaryl/α,β-unsaturated/α-hetero) is 1. The summed E-state index contributed by atoms with van der Waals surface area (Å²) >= 11 is 1.51. The minimum Gasteiger partial charge on any atom is -0.453 e. The fourth-order valence-electron chi connectivity index (χ4n) is 4.43. The van der Waals surface area contributed by atoms with Crippen LogP contribution in [0.3, 0.4) is 0 Å². The molecular weight excluding hydrogens is 489 g/mol. The number of nitrogens with zero attached hydrogens (tertiary/aromatic N) is 2. The second-order valence-electron chi connectivity index (χ2n) is 9.38. The number of rotatable bonds is 11. The molecule has 4 aromatic rings. The Morgan fingerprint density at radius 2 is 2.05 bits per heavy atom. The number of aromatic nitrogens is 2. The molecule has 0 aliphatic carbocycles. The second-order valence-corrected chi connectivity index (χ2v) is 10.4. The first kappa shape index (κ1) is 25.4. The molecule has 0 spiro atoms. The Kier molecular flexibility index (Phi) is 8.18. The molecule has 1 saturated heterocycles. The lowest BCUT2D eigenvalue weighted by atomic mass is 9.98. The third kappa shape index (κ3) is 6.39. The van der Waals surface area contributed by atoms with Crippen molar-refractivity contribution < 1.29 is 18.7 Å². The zero-order chi connectivity index (χ0) is 25.6. The molecular formula is C29H30FN3O3S. The van der Waals surface area contributed by atoms with E-state index in [2.05, 4.69) is 28.3 Å². The number of ether oxygens (including phenoxy) is 2. The summed E-state index contributed by atoms with van der Waals surface area (Å²) in [7, 11) is 0. The van der Waals surface area contributed by atoms with E-state index in [1.807, 2.05) is 18.3 Å². The molecule has 1 fully saturated rings. The normalized spacial score (nSPS) is 15.4. The van der Waals surface area contributed by atoms with Gasteiger partial charge in [-0.1, -0.05) is 19.1 Å². The Labute approximate surface area is 219 Å². The molecule has 5 rings (SSSR count). The van der Waals surface area contributed by atoms with Gasteiger partial charge in [0, 0.05) is 51.1 Å². The van der Waals surface area contributed by atoms with Crippen LogP contribution in [0, 0.1) is 11.7 Å². The molecule has 6 nitrogen and oxygen atoms in total. The summed E-state index contributed by atoms with van der Waals surface area (Å²) < 4.78 is 27.1. The number of pyridine rings is 2. The number of carbonyl (C=O) groups is 1. The fourth-order valence-corrected chi connectivity index (χ4v) is 5.47. The van der Waals surface area contributed by atoms with E-state index in [0.717, 1.165) is 52.3 Å². The molecule has 4 heterocycles. The van der Waals surface area contributed by atoms with E-state index in [-0.39, 0.29) is 23.9 Å². The molecule has 0 bridgehead atoms. The monoisotopic (exact) mass is 519 g/mol. The van der Waals surface area contributed by atoms with Crippen molar-refractivity contribution in [3.8, 4) is 22.1 Å². The Hall–Kier alpha value is -3.20. The van der Waals surface area contributed by atoms with Gasteiger partial charge in [0.15, 0.2) is 11.6 Å². The van der Waals surface area contributed by atoms with Gasteiger partial charge in [0.05, 0.1) is 20.8 Å². The molecule has 3 aromatic heterocycles. The van der Waals surface area contributed by atoms with Crippen LogP contribution in [0.4, 0.5) is 4.39 Å². The number of nitrogens with one attached hydrogen (secondary N) is 1. The minimum atomic E-state index is -0.495. The van der Waals surface area contributed by atoms with Gasteiger partial charge < -0.3 is 14.8 Å². The van der Waals surface area contributed by atoms with Crippen molar-refractivity contribution in [2.45, 2.75) is 39.2 Å². The fraction of sp³-hybridized carbons (Fsp3) is 0.345. The van der Waals surface area contributed by atoms with Gasteiger partial charge in [-0.15, -0.1) is 11.3 Å². The van der Waals surface area contributed by atoms with E-state index in [9.17, 15) is 9.18 Å². The van der Waals surface area contributed by atoms with Crippen LogP contribution < -0.4 is 10.1 Å². The van der Waals surface area contributed by atoms with Crippen molar-refractivity contribution in [2.24, 2.45) is 5.92 Å². The van der Waals surface area contributed by atoms with Gasteiger partial charge in [-0.3, -0.25) is 14.8 Å². The van der Waals surface area contributed by atoms with Gasteiger partial charge in [-0.25, -0.2) is 4.39 Å². The number of thiophene rings is 1. The highest BCUT2D eigenvalue weighted by atomic mass is 32.1. The maximum Gasteiger partial charge on any atom is 0.166 e. The summed E-state index contributed by atoms with van der Waals surface area (Å²) in [5.41, 5.74) is 3.41. The average molecular weight is 520 g/mol. The maximum atomic E-state index is 14.9. The van der Waals surface area contributed by atoms with Gasteiger partial charge in [-0.2, -0.15) is 0 Å². The Morgan fingerprint density at radius 1 is 1.16 bits per heavy atom.